The zero-order chi connectivity index (χ0) is 25.8. The van der Waals surface area contributed by atoms with E-state index in [1.807, 2.05) is 0 Å². The summed E-state index contributed by atoms with van der Waals surface area (Å²) in [5, 5.41) is 0. The lowest BCUT2D eigenvalue weighted by Gasteiger charge is -2.33. The molecule has 1 aliphatic heterocycles. The van der Waals surface area contributed by atoms with Gasteiger partial charge in [-0.25, -0.2) is 12.8 Å². The molecule has 0 saturated carbocycles. The highest BCUT2D eigenvalue weighted by Crippen LogP contribution is 2.38. The number of hydrogen-bond acceptors (Lipinski definition) is 7. The molecule has 1 amide bonds. The summed E-state index contributed by atoms with van der Waals surface area (Å²) in [4.78, 5) is 14.5. The molecule has 192 valence electrons. The Labute approximate surface area is 205 Å². The fourth-order valence-corrected chi connectivity index (χ4v) is 5.93. The highest BCUT2D eigenvalue weighted by molar-refractivity contribution is 7.89. The smallest absolute Gasteiger partial charge is 0.246 e. The largest absolute Gasteiger partial charge is 0.495 e. The molecule has 0 aliphatic carbocycles. The number of methoxy groups -OCH3 is 4. The van der Waals surface area contributed by atoms with Crippen LogP contribution in [0.5, 0.6) is 23.0 Å². The Morgan fingerprint density at radius 3 is 2.23 bits per heavy atom. The Morgan fingerprint density at radius 2 is 1.66 bits per heavy atom. The maximum absolute atomic E-state index is 13.8. The molecular formula is C24H31FN2O7S. The topological polar surface area (TPSA) is 94.6 Å². The van der Waals surface area contributed by atoms with Crippen molar-refractivity contribution in [3.63, 3.8) is 0 Å². The standard InChI is InChI=1S/C24H31FN2O7S/c1-26(14-16-11-20(32-3)23(34-5)21(12-16)33-4)24(28)17-7-6-10-27(15-17)35(29,30)22-13-18(25)8-9-19(22)31-2/h8-9,11-13,17H,6-7,10,14-15H2,1-5H3. The Bertz CT molecular complexity index is 1150. The molecule has 1 heterocycles. The number of nitrogens with zero attached hydrogens (tertiary/aromatic N) is 2. The first kappa shape index (κ1) is 26.6. The molecule has 35 heavy (non-hydrogen) atoms. The van der Waals surface area contributed by atoms with Crippen molar-refractivity contribution in [2.24, 2.45) is 5.92 Å². The van der Waals surface area contributed by atoms with Gasteiger partial charge in [-0.15, -0.1) is 0 Å². The first-order valence-electron chi connectivity index (χ1n) is 11.0. The SMILES string of the molecule is COc1ccc(F)cc1S(=O)(=O)N1CCCC(C(=O)N(C)Cc2cc(OC)c(OC)c(OC)c2)C1. The van der Waals surface area contributed by atoms with Crippen LogP contribution in [0.25, 0.3) is 0 Å². The lowest BCUT2D eigenvalue weighted by Crippen LogP contribution is -2.45. The number of benzene rings is 2. The number of amides is 1. The Balaban J connectivity index is 1.78. The van der Waals surface area contributed by atoms with Crippen molar-refractivity contribution < 1.29 is 36.6 Å². The van der Waals surface area contributed by atoms with E-state index in [1.165, 1.54) is 38.8 Å². The van der Waals surface area contributed by atoms with Gasteiger partial charge in [0, 0.05) is 26.7 Å². The average Bonchev–Trinajstić information content (AvgIpc) is 2.87. The summed E-state index contributed by atoms with van der Waals surface area (Å²) in [7, 11) is 3.48. The molecule has 0 radical (unpaired) electrons. The van der Waals surface area contributed by atoms with Crippen molar-refractivity contribution >= 4 is 15.9 Å². The molecule has 3 rings (SSSR count). The van der Waals surface area contributed by atoms with Crippen molar-refractivity contribution in [2.45, 2.75) is 24.3 Å². The predicted molar refractivity (Wildman–Crippen MR) is 127 cm³/mol. The van der Waals surface area contributed by atoms with Gasteiger partial charge in [0.1, 0.15) is 16.5 Å². The summed E-state index contributed by atoms with van der Waals surface area (Å²) < 4.78 is 62.8. The second-order valence-electron chi connectivity index (χ2n) is 8.23. The van der Waals surface area contributed by atoms with Gasteiger partial charge in [0.05, 0.1) is 34.4 Å². The number of ether oxygens (including phenoxy) is 4. The van der Waals surface area contributed by atoms with E-state index < -0.39 is 21.8 Å². The van der Waals surface area contributed by atoms with E-state index in [0.29, 0.717) is 30.1 Å². The van der Waals surface area contributed by atoms with Crippen molar-refractivity contribution in [1.29, 1.82) is 0 Å². The highest BCUT2D eigenvalue weighted by Gasteiger charge is 2.36. The minimum atomic E-state index is -4.05. The number of carbonyl (C=O) groups excluding carboxylic acids is 1. The molecule has 2 aromatic rings. The molecule has 2 aromatic carbocycles. The van der Waals surface area contributed by atoms with Gasteiger partial charge in [0.25, 0.3) is 0 Å². The molecule has 1 unspecified atom stereocenters. The predicted octanol–water partition coefficient (Wildman–Crippen LogP) is 2.92. The summed E-state index contributed by atoms with van der Waals surface area (Å²) in [6.45, 7) is 0.499. The Kier molecular flexibility index (Phi) is 8.44. The van der Waals surface area contributed by atoms with Crippen LogP contribution in [0.2, 0.25) is 0 Å². The number of hydrogen-bond donors (Lipinski definition) is 0. The zero-order valence-electron chi connectivity index (χ0n) is 20.5. The average molecular weight is 511 g/mol. The van der Waals surface area contributed by atoms with Crippen LogP contribution in [0.4, 0.5) is 4.39 Å². The third-order valence-electron chi connectivity index (χ3n) is 6.00. The maximum Gasteiger partial charge on any atom is 0.246 e. The first-order chi connectivity index (χ1) is 16.7. The molecule has 0 bridgehead atoms. The fourth-order valence-electron chi connectivity index (χ4n) is 4.24. The minimum Gasteiger partial charge on any atom is -0.495 e. The maximum atomic E-state index is 13.8. The van der Waals surface area contributed by atoms with Crippen LogP contribution in [-0.4, -0.2) is 72.1 Å². The molecule has 1 atom stereocenters. The normalized spacial score (nSPS) is 16.5. The van der Waals surface area contributed by atoms with E-state index in [1.54, 1.807) is 24.1 Å². The van der Waals surface area contributed by atoms with Gasteiger partial charge in [-0.05, 0) is 48.7 Å². The minimum absolute atomic E-state index is 0.000426. The number of sulfonamides is 1. The lowest BCUT2D eigenvalue weighted by molar-refractivity contribution is -0.135. The zero-order valence-corrected chi connectivity index (χ0v) is 21.4. The lowest BCUT2D eigenvalue weighted by atomic mass is 9.98. The van der Waals surface area contributed by atoms with Crippen LogP contribution in [0, 0.1) is 11.7 Å². The first-order valence-corrected chi connectivity index (χ1v) is 12.5. The van der Waals surface area contributed by atoms with E-state index in [0.717, 1.165) is 17.7 Å². The van der Waals surface area contributed by atoms with Crippen molar-refractivity contribution in [3.05, 3.63) is 41.7 Å². The monoisotopic (exact) mass is 510 g/mol. The van der Waals surface area contributed by atoms with Gasteiger partial charge in [-0.3, -0.25) is 4.79 Å². The molecule has 0 spiro atoms. The molecule has 0 N–H and O–H groups in total. The van der Waals surface area contributed by atoms with E-state index in [2.05, 4.69) is 0 Å². The van der Waals surface area contributed by atoms with Gasteiger partial charge >= 0.3 is 0 Å². The Hall–Kier alpha value is -3.05. The number of piperidine rings is 1. The van der Waals surface area contributed by atoms with Crippen molar-refractivity contribution in [1.82, 2.24) is 9.21 Å². The molecule has 1 aliphatic rings. The molecule has 1 saturated heterocycles. The summed E-state index contributed by atoms with van der Waals surface area (Å²) in [6, 6.07) is 6.88. The van der Waals surface area contributed by atoms with E-state index in [-0.39, 0.29) is 36.2 Å². The van der Waals surface area contributed by atoms with Crippen LogP contribution in [0.1, 0.15) is 18.4 Å². The van der Waals surface area contributed by atoms with E-state index in [4.69, 9.17) is 18.9 Å². The second kappa shape index (κ2) is 11.1. The molecule has 1 fully saturated rings. The molecular weight excluding hydrogens is 479 g/mol. The third-order valence-corrected chi connectivity index (χ3v) is 7.88. The van der Waals surface area contributed by atoms with Gasteiger partial charge in [0.2, 0.25) is 21.7 Å². The van der Waals surface area contributed by atoms with Gasteiger partial charge in [0.15, 0.2) is 11.5 Å². The number of halogens is 1. The van der Waals surface area contributed by atoms with Crippen LogP contribution < -0.4 is 18.9 Å². The van der Waals surface area contributed by atoms with Gasteiger partial charge < -0.3 is 23.8 Å². The van der Waals surface area contributed by atoms with Gasteiger partial charge in [-0.1, -0.05) is 0 Å². The summed E-state index contributed by atoms with van der Waals surface area (Å²) >= 11 is 0. The second-order valence-corrected chi connectivity index (χ2v) is 10.1. The van der Waals surface area contributed by atoms with Crippen LogP contribution >= 0.6 is 0 Å². The van der Waals surface area contributed by atoms with Crippen molar-refractivity contribution in [2.75, 3.05) is 48.6 Å². The number of rotatable bonds is 9. The van der Waals surface area contributed by atoms with Crippen LogP contribution in [0.3, 0.4) is 0 Å². The molecule has 0 aromatic heterocycles. The van der Waals surface area contributed by atoms with Crippen LogP contribution in [0.15, 0.2) is 35.2 Å². The molecule has 9 nitrogen and oxygen atoms in total. The summed E-state index contributed by atoms with van der Waals surface area (Å²) in [6.07, 6.45) is 1.05. The van der Waals surface area contributed by atoms with Crippen LogP contribution in [-0.2, 0) is 21.4 Å². The molecule has 11 heteroatoms. The Morgan fingerprint density at radius 1 is 1.03 bits per heavy atom. The number of carbonyl (C=O) groups is 1. The van der Waals surface area contributed by atoms with E-state index in [9.17, 15) is 17.6 Å². The van der Waals surface area contributed by atoms with Gasteiger partial charge in [-0.2, -0.15) is 4.31 Å². The fraction of sp³-hybridized carbons (Fsp3) is 0.458. The van der Waals surface area contributed by atoms with E-state index >= 15 is 0 Å². The highest BCUT2D eigenvalue weighted by atomic mass is 32.2. The van der Waals surface area contributed by atoms with Crippen molar-refractivity contribution in [3.8, 4) is 23.0 Å². The summed E-state index contributed by atoms with van der Waals surface area (Å²) in [5.41, 5.74) is 0.764. The summed E-state index contributed by atoms with van der Waals surface area (Å²) in [5.74, 6) is 0.0467. The third kappa shape index (κ3) is 5.62. The quantitative estimate of drug-likeness (QED) is 0.512.